The molecule has 0 N–H and O–H groups in total. The summed E-state index contributed by atoms with van der Waals surface area (Å²) >= 11 is 5.90. The monoisotopic (exact) mass is 336 g/mol. The summed E-state index contributed by atoms with van der Waals surface area (Å²) < 4.78 is 0. The maximum atomic E-state index is 12.6. The fourth-order valence-corrected chi connectivity index (χ4v) is 3.00. The summed E-state index contributed by atoms with van der Waals surface area (Å²) in [5.41, 5.74) is 3.32. The zero-order valence-corrected chi connectivity index (χ0v) is 14.0. The molecule has 2 aromatic rings. The van der Waals surface area contributed by atoms with Gasteiger partial charge in [0.1, 0.15) is 5.92 Å². The minimum Gasteiger partial charge on any atom is -0.292 e. The molecule has 1 unspecified atom stereocenters. The standard InChI is InChI=1S/C20H17ClN2O/c21-17-10-8-15(9-11-17)14-4-6-16(7-5-14)20(24)18(13-22)19-3-1-2-12-23-19/h4-11,18H,1-3,12H2. The van der Waals surface area contributed by atoms with Crippen LogP contribution in [0.5, 0.6) is 0 Å². The summed E-state index contributed by atoms with van der Waals surface area (Å²) in [6.07, 6.45) is 2.78. The van der Waals surface area contributed by atoms with Gasteiger partial charge in [0.05, 0.1) is 6.07 Å². The molecule has 0 amide bonds. The zero-order valence-electron chi connectivity index (χ0n) is 13.2. The van der Waals surface area contributed by atoms with Crippen LogP contribution in [-0.4, -0.2) is 18.0 Å². The van der Waals surface area contributed by atoms with Gasteiger partial charge in [-0.15, -0.1) is 0 Å². The smallest absolute Gasteiger partial charge is 0.185 e. The van der Waals surface area contributed by atoms with Crippen molar-refractivity contribution in [3.63, 3.8) is 0 Å². The Balaban J connectivity index is 1.81. The van der Waals surface area contributed by atoms with E-state index in [1.54, 1.807) is 12.1 Å². The summed E-state index contributed by atoms with van der Waals surface area (Å²) in [5, 5.41) is 10.1. The van der Waals surface area contributed by atoms with Crippen LogP contribution >= 0.6 is 11.6 Å². The number of rotatable bonds is 4. The first-order valence-corrected chi connectivity index (χ1v) is 8.40. The Morgan fingerprint density at radius 3 is 2.21 bits per heavy atom. The molecule has 0 fully saturated rings. The highest BCUT2D eigenvalue weighted by atomic mass is 35.5. The number of carbonyl (C=O) groups excluding carboxylic acids is 1. The number of benzene rings is 2. The largest absolute Gasteiger partial charge is 0.292 e. The maximum absolute atomic E-state index is 12.6. The third-order valence-electron chi connectivity index (χ3n) is 4.23. The predicted octanol–water partition coefficient (Wildman–Crippen LogP) is 4.95. The molecular weight excluding hydrogens is 320 g/mol. The van der Waals surface area contributed by atoms with E-state index in [9.17, 15) is 10.1 Å². The lowest BCUT2D eigenvalue weighted by Crippen LogP contribution is -2.25. The van der Waals surface area contributed by atoms with E-state index < -0.39 is 5.92 Å². The second-order valence-electron chi connectivity index (χ2n) is 5.84. The van der Waals surface area contributed by atoms with E-state index in [4.69, 9.17) is 11.6 Å². The van der Waals surface area contributed by atoms with Gasteiger partial charge in [-0.3, -0.25) is 9.79 Å². The molecule has 1 aliphatic rings. The van der Waals surface area contributed by atoms with Crippen LogP contribution in [0.2, 0.25) is 5.02 Å². The first-order valence-electron chi connectivity index (χ1n) is 8.02. The van der Waals surface area contributed by atoms with Crippen LogP contribution in [-0.2, 0) is 0 Å². The van der Waals surface area contributed by atoms with Crippen molar-refractivity contribution in [2.24, 2.45) is 10.9 Å². The molecule has 0 bridgehead atoms. The fraction of sp³-hybridized carbons (Fsp3) is 0.250. The third-order valence-corrected chi connectivity index (χ3v) is 4.48. The van der Waals surface area contributed by atoms with Crippen molar-refractivity contribution >= 4 is 23.1 Å². The van der Waals surface area contributed by atoms with Crippen molar-refractivity contribution in [3.05, 3.63) is 59.1 Å². The molecule has 120 valence electrons. The first kappa shape index (κ1) is 16.4. The minimum absolute atomic E-state index is 0.166. The summed E-state index contributed by atoms with van der Waals surface area (Å²) in [6, 6.07) is 17.0. The molecule has 2 aromatic carbocycles. The van der Waals surface area contributed by atoms with Crippen LogP contribution < -0.4 is 0 Å². The van der Waals surface area contributed by atoms with Gasteiger partial charge in [0.25, 0.3) is 0 Å². The lowest BCUT2D eigenvalue weighted by atomic mass is 9.89. The lowest BCUT2D eigenvalue weighted by Gasteiger charge is -2.15. The number of carbonyl (C=O) groups is 1. The summed E-state index contributed by atoms with van der Waals surface area (Å²) in [5.74, 6) is -0.924. The number of nitrogens with zero attached hydrogens (tertiary/aromatic N) is 2. The number of halogens is 1. The van der Waals surface area contributed by atoms with Crippen molar-refractivity contribution in [3.8, 4) is 17.2 Å². The molecule has 1 aliphatic heterocycles. The molecule has 0 spiro atoms. The molecule has 1 atom stereocenters. The quantitative estimate of drug-likeness (QED) is 0.741. The number of aliphatic imine (C=N–C) groups is 1. The molecule has 3 nitrogen and oxygen atoms in total. The Morgan fingerprint density at radius 2 is 1.67 bits per heavy atom. The van der Waals surface area contributed by atoms with Crippen molar-refractivity contribution < 1.29 is 4.79 Å². The molecule has 0 saturated heterocycles. The predicted molar refractivity (Wildman–Crippen MR) is 96.5 cm³/mol. The molecule has 4 heteroatoms. The molecule has 0 aromatic heterocycles. The molecule has 0 aliphatic carbocycles. The van der Waals surface area contributed by atoms with Crippen molar-refractivity contribution in [2.75, 3.05) is 6.54 Å². The summed E-state index contributed by atoms with van der Waals surface area (Å²) in [6.45, 7) is 0.719. The minimum atomic E-state index is -0.758. The molecule has 0 radical (unpaired) electrons. The van der Waals surface area contributed by atoms with Gasteiger partial charge in [-0.25, -0.2) is 0 Å². The van der Waals surface area contributed by atoms with Crippen molar-refractivity contribution in [1.29, 1.82) is 5.26 Å². The van der Waals surface area contributed by atoms with Gasteiger partial charge < -0.3 is 0 Å². The van der Waals surface area contributed by atoms with Crippen LogP contribution in [0.1, 0.15) is 29.6 Å². The number of ketones is 1. The van der Waals surface area contributed by atoms with Gasteiger partial charge in [-0.05, 0) is 42.5 Å². The van der Waals surface area contributed by atoms with Gasteiger partial charge in [-0.1, -0.05) is 48.0 Å². The van der Waals surface area contributed by atoms with Gasteiger partial charge in [0.2, 0.25) is 0 Å². The van der Waals surface area contributed by atoms with E-state index in [1.165, 1.54) is 0 Å². The Hall–Kier alpha value is -2.44. The number of hydrogen-bond donors (Lipinski definition) is 0. The van der Waals surface area contributed by atoms with Gasteiger partial charge in [0, 0.05) is 22.8 Å². The fourth-order valence-electron chi connectivity index (χ4n) is 2.88. The van der Waals surface area contributed by atoms with Gasteiger partial charge in [0.15, 0.2) is 5.78 Å². The van der Waals surface area contributed by atoms with E-state index >= 15 is 0 Å². The topological polar surface area (TPSA) is 53.2 Å². The highest BCUT2D eigenvalue weighted by molar-refractivity contribution is 6.30. The van der Waals surface area contributed by atoms with E-state index in [1.807, 2.05) is 36.4 Å². The van der Waals surface area contributed by atoms with Crippen LogP contribution in [0.3, 0.4) is 0 Å². The Bertz CT molecular complexity index is 801. The first-order chi connectivity index (χ1) is 11.7. The molecule has 3 rings (SSSR count). The second kappa shape index (κ2) is 7.42. The number of Topliss-reactive ketones (excluding diaryl/α,β-unsaturated/α-hetero) is 1. The highest BCUT2D eigenvalue weighted by Crippen LogP contribution is 2.23. The van der Waals surface area contributed by atoms with Crippen molar-refractivity contribution in [1.82, 2.24) is 0 Å². The number of nitriles is 1. The highest BCUT2D eigenvalue weighted by Gasteiger charge is 2.26. The van der Waals surface area contributed by atoms with Gasteiger partial charge in [-0.2, -0.15) is 5.26 Å². The van der Waals surface area contributed by atoms with E-state index in [2.05, 4.69) is 11.1 Å². The molecule has 1 heterocycles. The van der Waals surface area contributed by atoms with Crippen LogP contribution in [0.4, 0.5) is 0 Å². The Morgan fingerprint density at radius 1 is 1.04 bits per heavy atom. The van der Waals surface area contributed by atoms with Crippen LogP contribution in [0.25, 0.3) is 11.1 Å². The Kier molecular flexibility index (Phi) is 5.08. The zero-order chi connectivity index (χ0) is 16.9. The average Bonchev–Trinajstić information content (AvgIpc) is 2.64. The normalized spacial score (nSPS) is 15.2. The third kappa shape index (κ3) is 3.55. The van der Waals surface area contributed by atoms with Crippen LogP contribution in [0, 0.1) is 17.2 Å². The summed E-state index contributed by atoms with van der Waals surface area (Å²) in [4.78, 5) is 17.0. The second-order valence-corrected chi connectivity index (χ2v) is 6.28. The Labute approximate surface area is 146 Å². The lowest BCUT2D eigenvalue weighted by molar-refractivity contribution is 0.0974. The average molecular weight is 337 g/mol. The van der Waals surface area contributed by atoms with E-state index in [0.29, 0.717) is 10.6 Å². The molecule has 24 heavy (non-hydrogen) atoms. The SMILES string of the molecule is N#CC(C(=O)c1ccc(-c2ccc(Cl)cc2)cc1)C1=NCCCC1. The summed E-state index contributed by atoms with van der Waals surface area (Å²) in [7, 11) is 0. The van der Waals surface area contributed by atoms with Crippen molar-refractivity contribution in [2.45, 2.75) is 19.3 Å². The molecular formula is C20H17ClN2O. The van der Waals surface area contributed by atoms with Gasteiger partial charge >= 0.3 is 0 Å². The van der Waals surface area contributed by atoms with Crippen LogP contribution in [0.15, 0.2) is 53.5 Å². The maximum Gasteiger partial charge on any atom is 0.185 e. The molecule has 0 saturated carbocycles. The number of hydrogen-bond acceptors (Lipinski definition) is 3. The van der Waals surface area contributed by atoms with E-state index in [0.717, 1.165) is 42.6 Å². The van der Waals surface area contributed by atoms with E-state index in [-0.39, 0.29) is 5.78 Å².